The Labute approximate surface area is 105 Å². The Hall–Kier alpha value is -2.16. The summed E-state index contributed by atoms with van der Waals surface area (Å²) in [4.78, 5) is 11.9. The van der Waals surface area contributed by atoms with Crippen LogP contribution >= 0.6 is 0 Å². The molecular formula is C15H14FNO. The van der Waals surface area contributed by atoms with Gasteiger partial charge in [-0.3, -0.25) is 4.79 Å². The summed E-state index contributed by atoms with van der Waals surface area (Å²) < 4.78 is 13.5. The van der Waals surface area contributed by atoms with E-state index in [1.165, 1.54) is 6.07 Å². The summed E-state index contributed by atoms with van der Waals surface area (Å²) in [6, 6.07) is 11.8. The zero-order valence-corrected chi connectivity index (χ0v) is 10.3. The average molecular weight is 243 g/mol. The highest BCUT2D eigenvalue weighted by Gasteiger charge is 2.11. The molecule has 0 radical (unpaired) electrons. The van der Waals surface area contributed by atoms with Crippen molar-refractivity contribution in [3.63, 3.8) is 0 Å². The smallest absolute Gasteiger partial charge is 0.258 e. The molecule has 0 saturated heterocycles. The topological polar surface area (TPSA) is 29.1 Å². The Morgan fingerprint density at radius 1 is 1.00 bits per heavy atom. The fourth-order valence-electron chi connectivity index (χ4n) is 1.65. The number of anilines is 1. The Balaban J connectivity index is 2.21. The summed E-state index contributed by atoms with van der Waals surface area (Å²) in [5, 5.41) is 2.67. The third-order valence-electron chi connectivity index (χ3n) is 2.68. The fourth-order valence-corrected chi connectivity index (χ4v) is 1.65. The van der Waals surface area contributed by atoms with Gasteiger partial charge in [0.1, 0.15) is 5.82 Å². The lowest BCUT2D eigenvalue weighted by molar-refractivity contribution is 0.102. The van der Waals surface area contributed by atoms with Crippen LogP contribution in [0.2, 0.25) is 0 Å². The van der Waals surface area contributed by atoms with Crippen molar-refractivity contribution in [2.75, 3.05) is 5.32 Å². The van der Waals surface area contributed by atoms with E-state index in [9.17, 15) is 9.18 Å². The quantitative estimate of drug-likeness (QED) is 0.856. The molecule has 1 N–H and O–H groups in total. The predicted molar refractivity (Wildman–Crippen MR) is 70.3 cm³/mol. The van der Waals surface area contributed by atoms with E-state index in [0.717, 1.165) is 11.1 Å². The van der Waals surface area contributed by atoms with Gasteiger partial charge in [-0.25, -0.2) is 4.39 Å². The van der Waals surface area contributed by atoms with Gasteiger partial charge in [0.2, 0.25) is 0 Å². The van der Waals surface area contributed by atoms with E-state index in [1.807, 2.05) is 26.0 Å². The van der Waals surface area contributed by atoms with Gasteiger partial charge in [-0.1, -0.05) is 29.3 Å². The van der Waals surface area contributed by atoms with Crippen molar-refractivity contribution in [3.05, 3.63) is 65.0 Å². The zero-order chi connectivity index (χ0) is 13.1. The maximum absolute atomic E-state index is 13.5. The number of rotatable bonds is 2. The number of benzene rings is 2. The van der Waals surface area contributed by atoms with Gasteiger partial charge in [0.25, 0.3) is 5.91 Å². The highest BCUT2D eigenvalue weighted by atomic mass is 19.1. The minimum Gasteiger partial charge on any atom is -0.322 e. The summed E-state index contributed by atoms with van der Waals surface area (Å²) >= 11 is 0. The van der Waals surface area contributed by atoms with Gasteiger partial charge in [0, 0.05) is 5.69 Å². The molecule has 0 unspecified atom stereocenters. The monoisotopic (exact) mass is 243 g/mol. The summed E-state index contributed by atoms with van der Waals surface area (Å²) in [5.74, 6) is -0.940. The minimum absolute atomic E-state index is 0.0653. The molecular weight excluding hydrogens is 229 g/mol. The second kappa shape index (κ2) is 5.00. The molecule has 0 aliphatic carbocycles. The minimum atomic E-state index is -0.509. The van der Waals surface area contributed by atoms with Gasteiger partial charge < -0.3 is 5.32 Å². The Bertz CT molecular complexity index is 576. The average Bonchev–Trinajstić information content (AvgIpc) is 2.35. The molecule has 0 spiro atoms. The molecule has 92 valence electrons. The molecule has 2 aromatic carbocycles. The standard InChI is InChI=1S/C15H14FNO/c1-10-3-6-12(7-4-10)17-15(18)13-9-11(2)5-8-14(13)16/h3-9H,1-2H3,(H,17,18). The van der Waals surface area contributed by atoms with Crippen LogP contribution in [0, 0.1) is 19.7 Å². The van der Waals surface area contributed by atoms with Crippen molar-refractivity contribution in [2.24, 2.45) is 0 Å². The van der Waals surface area contributed by atoms with Gasteiger partial charge in [0.15, 0.2) is 0 Å². The molecule has 2 aromatic rings. The van der Waals surface area contributed by atoms with E-state index in [4.69, 9.17) is 0 Å². The van der Waals surface area contributed by atoms with Crippen LogP contribution in [-0.4, -0.2) is 5.91 Å². The maximum Gasteiger partial charge on any atom is 0.258 e. The largest absolute Gasteiger partial charge is 0.322 e. The van der Waals surface area contributed by atoms with Gasteiger partial charge >= 0.3 is 0 Å². The number of carbonyl (C=O) groups excluding carboxylic acids is 1. The van der Waals surface area contributed by atoms with E-state index in [2.05, 4.69) is 5.32 Å². The number of hydrogen-bond acceptors (Lipinski definition) is 1. The summed E-state index contributed by atoms with van der Waals surface area (Å²) in [5.41, 5.74) is 2.68. The van der Waals surface area contributed by atoms with E-state index < -0.39 is 11.7 Å². The molecule has 0 bridgehead atoms. The third-order valence-corrected chi connectivity index (χ3v) is 2.68. The Kier molecular flexibility index (Phi) is 3.42. The highest BCUT2D eigenvalue weighted by molar-refractivity contribution is 6.04. The fraction of sp³-hybridized carbons (Fsp3) is 0.133. The molecule has 1 amide bonds. The molecule has 3 heteroatoms. The maximum atomic E-state index is 13.5. The molecule has 18 heavy (non-hydrogen) atoms. The SMILES string of the molecule is Cc1ccc(NC(=O)c2cc(C)ccc2F)cc1. The second-order valence-electron chi connectivity index (χ2n) is 4.30. The first-order chi connectivity index (χ1) is 8.56. The van der Waals surface area contributed by atoms with Crippen LogP contribution in [0.15, 0.2) is 42.5 Å². The summed E-state index contributed by atoms with van der Waals surface area (Å²) in [6.07, 6.45) is 0. The highest BCUT2D eigenvalue weighted by Crippen LogP contribution is 2.14. The van der Waals surface area contributed by atoms with Crippen LogP contribution in [0.25, 0.3) is 0 Å². The molecule has 0 heterocycles. The normalized spacial score (nSPS) is 10.2. The number of nitrogens with one attached hydrogen (secondary N) is 1. The first kappa shape index (κ1) is 12.3. The Morgan fingerprint density at radius 2 is 1.61 bits per heavy atom. The lowest BCUT2D eigenvalue weighted by Gasteiger charge is -2.07. The lowest BCUT2D eigenvalue weighted by atomic mass is 10.1. The van der Waals surface area contributed by atoms with Gasteiger partial charge in [-0.05, 0) is 38.1 Å². The summed E-state index contributed by atoms with van der Waals surface area (Å²) in [6.45, 7) is 3.79. The van der Waals surface area contributed by atoms with Gasteiger partial charge in [-0.15, -0.1) is 0 Å². The molecule has 0 fully saturated rings. The van der Waals surface area contributed by atoms with E-state index in [0.29, 0.717) is 5.69 Å². The second-order valence-corrected chi connectivity index (χ2v) is 4.30. The lowest BCUT2D eigenvalue weighted by Crippen LogP contribution is -2.13. The van der Waals surface area contributed by atoms with E-state index in [1.54, 1.807) is 24.3 Å². The van der Waals surface area contributed by atoms with Crippen LogP contribution in [0.1, 0.15) is 21.5 Å². The van der Waals surface area contributed by atoms with Gasteiger partial charge in [0.05, 0.1) is 5.56 Å². The van der Waals surface area contributed by atoms with Crippen molar-refractivity contribution in [1.82, 2.24) is 0 Å². The zero-order valence-electron chi connectivity index (χ0n) is 10.3. The molecule has 2 rings (SSSR count). The van der Waals surface area contributed by atoms with Crippen molar-refractivity contribution in [1.29, 1.82) is 0 Å². The summed E-state index contributed by atoms with van der Waals surface area (Å²) in [7, 11) is 0. The van der Waals surface area contributed by atoms with Crippen LogP contribution < -0.4 is 5.32 Å². The number of aryl methyl sites for hydroxylation is 2. The number of amides is 1. The number of hydrogen-bond donors (Lipinski definition) is 1. The molecule has 0 aromatic heterocycles. The molecule has 0 atom stereocenters. The van der Waals surface area contributed by atoms with Crippen molar-refractivity contribution in [3.8, 4) is 0 Å². The van der Waals surface area contributed by atoms with Crippen LogP contribution in [0.5, 0.6) is 0 Å². The molecule has 0 saturated carbocycles. The first-order valence-corrected chi connectivity index (χ1v) is 5.70. The van der Waals surface area contributed by atoms with Crippen molar-refractivity contribution < 1.29 is 9.18 Å². The Morgan fingerprint density at radius 3 is 2.28 bits per heavy atom. The van der Waals surface area contributed by atoms with Gasteiger partial charge in [-0.2, -0.15) is 0 Å². The predicted octanol–water partition coefficient (Wildman–Crippen LogP) is 3.69. The molecule has 2 nitrogen and oxygen atoms in total. The van der Waals surface area contributed by atoms with Crippen LogP contribution in [0.3, 0.4) is 0 Å². The van der Waals surface area contributed by atoms with E-state index in [-0.39, 0.29) is 5.56 Å². The van der Waals surface area contributed by atoms with Crippen molar-refractivity contribution in [2.45, 2.75) is 13.8 Å². The number of carbonyl (C=O) groups is 1. The number of halogens is 1. The molecule has 0 aliphatic heterocycles. The molecule has 0 aliphatic rings. The van der Waals surface area contributed by atoms with Crippen molar-refractivity contribution >= 4 is 11.6 Å². The van der Waals surface area contributed by atoms with Crippen LogP contribution in [-0.2, 0) is 0 Å². The van der Waals surface area contributed by atoms with Crippen LogP contribution in [0.4, 0.5) is 10.1 Å². The first-order valence-electron chi connectivity index (χ1n) is 5.70. The third kappa shape index (κ3) is 2.74. The van der Waals surface area contributed by atoms with E-state index >= 15 is 0 Å².